The Balaban J connectivity index is 1.81. The van der Waals surface area contributed by atoms with Crippen molar-refractivity contribution in [3.63, 3.8) is 0 Å². The molecule has 88 valence electrons. The molecule has 0 radical (unpaired) electrons. The SMILES string of the molecule is N[C@@H]1CCN(Cc2ccc3ccccc3n2)C1. The van der Waals surface area contributed by atoms with Crippen LogP contribution in [0.1, 0.15) is 12.1 Å². The van der Waals surface area contributed by atoms with Crippen molar-refractivity contribution in [1.29, 1.82) is 0 Å². The molecule has 1 fully saturated rings. The number of hydrogen-bond donors (Lipinski definition) is 1. The van der Waals surface area contributed by atoms with Gasteiger partial charge in [-0.2, -0.15) is 0 Å². The normalized spacial score (nSPS) is 21.1. The van der Waals surface area contributed by atoms with E-state index in [1.165, 1.54) is 5.39 Å². The minimum Gasteiger partial charge on any atom is -0.326 e. The molecule has 2 aromatic rings. The van der Waals surface area contributed by atoms with E-state index >= 15 is 0 Å². The number of rotatable bonds is 2. The Hall–Kier alpha value is -1.45. The first-order valence-electron chi connectivity index (χ1n) is 6.14. The first-order valence-corrected chi connectivity index (χ1v) is 6.14. The number of likely N-dealkylation sites (tertiary alicyclic amines) is 1. The number of para-hydroxylation sites is 1. The molecular weight excluding hydrogens is 210 g/mol. The summed E-state index contributed by atoms with van der Waals surface area (Å²) in [5.41, 5.74) is 8.12. The minimum absolute atomic E-state index is 0.343. The minimum atomic E-state index is 0.343. The number of pyridine rings is 1. The Morgan fingerprint density at radius 2 is 2.12 bits per heavy atom. The Morgan fingerprint density at radius 1 is 1.24 bits per heavy atom. The van der Waals surface area contributed by atoms with Crippen molar-refractivity contribution in [2.75, 3.05) is 13.1 Å². The van der Waals surface area contributed by atoms with Crippen LogP contribution in [0.3, 0.4) is 0 Å². The molecule has 0 amide bonds. The molecule has 1 aromatic carbocycles. The molecule has 0 saturated carbocycles. The van der Waals surface area contributed by atoms with Gasteiger partial charge in [-0.15, -0.1) is 0 Å². The summed E-state index contributed by atoms with van der Waals surface area (Å²) in [7, 11) is 0. The fourth-order valence-electron chi connectivity index (χ4n) is 2.43. The highest BCUT2D eigenvalue weighted by atomic mass is 15.2. The van der Waals surface area contributed by atoms with Crippen molar-refractivity contribution in [1.82, 2.24) is 9.88 Å². The monoisotopic (exact) mass is 227 g/mol. The van der Waals surface area contributed by atoms with Gasteiger partial charge in [0.2, 0.25) is 0 Å². The number of nitrogens with zero attached hydrogens (tertiary/aromatic N) is 2. The lowest BCUT2D eigenvalue weighted by atomic mass is 10.2. The molecule has 1 aliphatic heterocycles. The second kappa shape index (κ2) is 4.43. The number of hydrogen-bond acceptors (Lipinski definition) is 3. The van der Waals surface area contributed by atoms with Crippen LogP contribution in [0.15, 0.2) is 36.4 Å². The first kappa shape index (κ1) is 10.7. The van der Waals surface area contributed by atoms with E-state index in [9.17, 15) is 0 Å². The van der Waals surface area contributed by atoms with E-state index < -0.39 is 0 Å². The van der Waals surface area contributed by atoms with E-state index in [-0.39, 0.29) is 0 Å². The van der Waals surface area contributed by atoms with Gasteiger partial charge in [0.05, 0.1) is 11.2 Å². The Bertz CT molecular complexity index is 524. The highest BCUT2D eigenvalue weighted by Crippen LogP contribution is 2.15. The van der Waals surface area contributed by atoms with Crippen LogP contribution in [0.5, 0.6) is 0 Å². The third kappa shape index (κ3) is 2.30. The van der Waals surface area contributed by atoms with Crippen LogP contribution in [0.25, 0.3) is 10.9 Å². The van der Waals surface area contributed by atoms with Crippen LogP contribution in [-0.4, -0.2) is 29.0 Å². The zero-order valence-electron chi connectivity index (χ0n) is 9.84. The van der Waals surface area contributed by atoms with Crippen LogP contribution in [0.4, 0.5) is 0 Å². The van der Waals surface area contributed by atoms with Crippen LogP contribution in [-0.2, 0) is 6.54 Å². The maximum absolute atomic E-state index is 5.91. The summed E-state index contributed by atoms with van der Waals surface area (Å²) in [4.78, 5) is 7.06. The maximum Gasteiger partial charge on any atom is 0.0705 e. The lowest BCUT2D eigenvalue weighted by Crippen LogP contribution is -2.26. The fraction of sp³-hybridized carbons (Fsp3) is 0.357. The summed E-state index contributed by atoms with van der Waals surface area (Å²) in [6, 6.07) is 12.8. The molecule has 0 bridgehead atoms. The van der Waals surface area contributed by atoms with Crippen LogP contribution >= 0.6 is 0 Å². The van der Waals surface area contributed by atoms with Gasteiger partial charge < -0.3 is 5.73 Å². The molecule has 17 heavy (non-hydrogen) atoms. The van der Waals surface area contributed by atoms with Gasteiger partial charge in [0.25, 0.3) is 0 Å². The molecule has 0 spiro atoms. The molecule has 1 saturated heterocycles. The molecule has 0 aliphatic carbocycles. The van der Waals surface area contributed by atoms with Crippen LogP contribution in [0.2, 0.25) is 0 Å². The smallest absolute Gasteiger partial charge is 0.0705 e. The summed E-state index contributed by atoms with van der Waals surface area (Å²) in [5, 5.41) is 1.20. The van der Waals surface area contributed by atoms with E-state index in [0.29, 0.717) is 6.04 Å². The zero-order chi connectivity index (χ0) is 11.7. The highest BCUT2D eigenvalue weighted by Gasteiger charge is 2.19. The average molecular weight is 227 g/mol. The van der Waals surface area contributed by atoms with Gasteiger partial charge in [-0.05, 0) is 18.6 Å². The Morgan fingerprint density at radius 3 is 2.94 bits per heavy atom. The van der Waals surface area contributed by atoms with E-state index in [0.717, 1.165) is 37.3 Å². The van der Waals surface area contributed by atoms with Gasteiger partial charge >= 0.3 is 0 Å². The van der Waals surface area contributed by atoms with Crippen molar-refractivity contribution in [3.05, 3.63) is 42.1 Å². The summed E-state index contributed by atoms with van der Waals surface area (Å²) in [6.07, 6.45) is 1.10. The standard InChI is InChI=1S/C14H17N3/c15-12-7-8-17(9-12)10-13-6-5-11-3-1-2-4-14(11)16-13/h1-6,12H,7-10,15H2/t12-/m1/s1. The van der Waals surface area contributed by atoms with Gasteiger partial charge in [-0.1, -0.05) is 24.3 Å². The van der Waals surface area contributed by atoms with Gasteiger partial charge in [0.1, 0.15) is 0 Å². The third-order valence-electron chi connectivity index (χ3n) is 3.35. The molecular formula is C14H17N3. The predicted molar refractivity (Wildman–Crippen MR) is 69.6 cm³/mol. The van der Waals surface area contributed by atoms with E-state index in [1.54, 1.807) is 0 Å². The maximum atomic E-state index is 5.91. The second-order valence-electron chi connectivity index (χ2n) is 4.78. The van der Waals surface area contributed by atoms with Gasteiger partial charge in [0, 0.05) is 31.1 Å². The first-order chi connectivity index (χ1) is 8.31. The molecule has 2 N–H and O–H groups in total. The van der Waals surface area contributed by atoms with Gasteiger partial charge in [-0.3, -0.25) is 9.88 Å². The van der Waals surface area contributed by atoms with Crippen molar-refractivity contribution in [3.8, 4) is 0 Å². The van der Waals surface area contributed by atoms with Crippen molar-refractivity contribution < 1.29 is 0 Å². The molecule has 1 aromatic heterocycles. The summed E-state index contributed by atoms with van der Waals surface area (Å²) in [5.74, 6) is 0. The number of nitrogens with two attached hydrogens (primary N) is 1. The van der Waals surface area contributed by atoms with Crippen molar-refractivity contribution >= 4 is 10.9 Å². The topological polar surface area (TPSA) is 42.1 Å². The Kier molecular flexibility index (Phi) is 2.79. The number of aromatic nitrogens is 1. The third-order valence-corrected chi connectivity index (χ3v) is 3.35. The highest BCUT2D eigenvalue weighted by molar-refractivity contribution is 5.78. The molecule has 3 nitrogen and oxygen atoms in total. The number of benzene rings is 1. The molecule has 3 heteroatoms. The van der Waals surface area contributed by atoms with Gasteiger partial charge in [0.15, 0.2) is 0 Å². The van der Waals surface area contributed by atoms with Crippen molar-refractivity contribution in [2.45, 2.75) is 19.0 Å². The lowest BCUT2D eigenvalue weighted by molar-refractivity contribution is 0.323. The second-order valence-corrected chi connectivity index (χ2v) is 4.78. The van der Waals surface area contributed by atoms with E-state index in [2.05, 4.69) is 34.1 Å². The lowest BCUT2D eigenvalue weighted by Gasteiger charge is -2.14. The quantitative estimate of drug-likeness (QED) is 0.850. The summed E-state index contributed by atoms with van der Waals surface area (Å²) >= 11 is 0. The molecule has 3 rings (SSSR count). The fourth-order valence-corrected chi connectivity index (χ4v) is 2.43. The molecule has 2 heterocycles. The Labute approximate surface area is 101 Å². The molecule has 0 unspecified atom stereocenters. The zero-order valence-corrected chi connectivity index (χ0v) is 9.84. The summed E-state index contributed by atoms with van der Waals surface area (Å²) < 4.78 is 0. The van der Waals surface area contributed by atoms with Gasteiger partial charge in [-0.25, -0.2) is 0 Å². The predicted octanol–water partition coefficient (Wildman–Crippen LogP) is 1.77. The average Bonchev–Trinajstić information content (AvgIpc) is 2.75. The van der Waals surface area contributed by atoms with Crippen LogP contribution < -0.4 is 5.73 Å². The largest absolute Gasteiger partial charge is 0.326 e. The summed E-state index contributed by atoms with van der Waals surface area (Å²) in [6.45, 7) is 3.00. The van der Waals surface area contributed by atoms with Crippen LogP contribution in [0, 0.1) is 0 Å². The molecule has 1 aliphatic rings. The molecule has 1 atom stereocenters. The number of fused-ring (bicyclic) bond motifs is 1. The van der Waals surface area contributed by atoms with E-state index in [4.69, 9.17) is 5.73 Å². The van der Waals surface area contributed by atoms with E-state index in [1.807, 2.05) is 12.1 Å². The van der Waals surface area contributed by atoms with Crippen molar-refractivity contribution in [2.24, 2.45) is 5.73 Å².